The highest BCUT2D eigenvalue weighted by molar-refractivity contribution is 5.99. The van der Waals surface area contributed by atoms with E-state index in [-0.39, 0.29) is 23.2 Å². The maximum atomic E-state index is 13.2. The van der Waals surface area contributed by atoms with Crippen molar-refractivity contribution in [3.05, 3.63) is 106 Å². The summed E-state index contributed by atoms with van der Waals surface area (Å²) in [5.74, 6) is -0.925. The number of hydrogen-bond acceptors (Lipinski definition) is 4. The van der Waals surface area contributed by atoms with E-state index >= 15 is 0 Å². The third-order valence-corrected chi connectivity index (χ3v) is 6.28. The molecule has 0 unspecified atom stereocenters. The molecule has 1 atom stereocenters. The molecule has 1 fully saturated rings. The van der Waals surface area contributed by atoms with Crippen LogP contribution in [-0.4, -0.2) is 40.4 Å². The summed E-state index contributed by atoms with van der Waals surface area (Å²) >= 11 is 0. The van der Waals surface area contributed by atoms with Crippen molar-refractivity contribution < 1.29 is 9.59 Å². The fourth-order valence-corrected chi connectivity index (χ4v) is 4.29. The quantitative estimate of drug-likeness (QED) is 0.527. The van der Waals surface area contributed by atoms with E-state index < -0.39 is 17.2 Å². The van der Waals surface area contributed by atoms with Gasteiger partial charge in [0.1, 0.15) is 11.1 Å². The van der Waals surface area contributed by atoms with E-state index in [0.717, 1.165) is 31.6 Å². The molecule has 2 N–H and O–H groups in total. The van der Waals surface area contributed by atoms with Gasteiger partial charge in [0.25, 0.3) is 11.8 Å². The molecule has 1 aromatic heterocycles. The van der Waals surface area contributed by atoms with Gasteiger partial charge in [0.15, 0.2) is 0 Å². The molecule has 4 rings (SSSR count). The normalized spacial score (nSPS) is 15.8. The molecule has 0 saturated carbocycles. The number of nitrogens with one attached hydrogen (secondary N) is 2. The molecule has 35 heavy (non-hydrogen) atoms. The van der Waals surface area contributed by atoms with Gasteiger partial charge in [-0.15, -0.1) is 0 Å². The summed E-state index contributed by atoms with van der Waals surface area (Å²) in [6.07, 6.45) is 3.89. The lowest BCUT2D eigenvalue weighted by atomic mass is 10.1. The average Bonchev–Trinajstić information content (AvgIpc) is 3.30. The molecule has 182 valence electrons. The van der Waals surface area contributed by atoms with E-state index in [0.29, 0.717) is 6.54 Å². The van der Waals surface area contributed by atoms with Gasteiger partial charge in [-0.05, 0) is 31.4 Å². The van der Waals surface area contributed by atoms with E-state index in [4.69, 9.17) is 0 Å². The van der Waals surface area contributed by atoms with Crippen LogP contribution in [0, 0.1) is 0 Å². The van der Waals surface area contributed by atoms with Gasteiger partial charge in [-0.25, -0.2) is 0 Å². The topological polar surface area (TPSA) is 83.4 Å². The molecule has 0 bridgehead atoms. The van der Waals surface area contributed by atoms with Crippen molar-refractivity contribution in [2.45, 2.75) is 45.4 Å². The van der Waals surface area contributed by atoms with Crippen molar-refractivity contribution in [3.63, 3.8) is 0 Å². The van der Waals surface area contributed by atoms with Crippen LogP contribution in [0.2, 0.25) is 0 Å². The zero-order valence-corrected chi connectivity index (χ0v) is 20.2. The van der Waals surface area contributed by atoms with E-state index in [1.165, 1.54) is 11.8 Å². The highest BCUT2D eigenvalue weighted by Gasteiger charge is 2.26. The van der Waals surface area contributed by atoms with Crippen molar-refractivity contribution in [1.82, 2.24) is 20.1 Å². The summed E-state index contributed by atoms with van der Waals surface area (Å²) in [5, 5.41) is 5.82. The van der Waals surface area contributed by atoms with Crippen LogP contribution < -0.4 is 16.1 Å². The van der Waals surface area contributed by atoms with Gasteiger partial charge in [-0.1, -0.05) is 60.7 Å². The first-order valence-corrected chi connectivity index (χ1v) is 12.1. The minimum atomic E-state index is -0.552. The Hall–Kier alpha value is -3.71. The van der Waals surface area contributed by atoms with Crippen molar-refractivity contribution in [3.8, 4) is 0 Å². The third kappa shape index (κ3) is 6.25. The van der Waals surface area contributed by atoms with E-state index in [9.17, 15) is 14.4 Å². The Balaban J connectivity index is 1.46. The maximum Gasteiger partial charge on any atom is 0.257 e. The van der Waals surface area contributed by atoms with Gasteiger partial charge in [-0.3, -0.25) is 19.3 Å². The summed E-state index contributed by atoms with van der Waals surface area (Å²) in [7, 11) is 0. The standard InChI is InChI=1S/C28H32N4O3/c1-20(2)32-18-24(27(34)29-15-21-9-5-3-6-10-21)26(33)25(19-32)28(35)30-23-13-14-31(17-23)16-22-11-7-4-8-12-22/h3-12,18-20,23H,13-17H2,1-2H3,(H,29,34)(H,30,35)/t23-/m0/s1. The predicted octanol–water partition coefficient (Wildman–Crippen LogP) is 3.36. The van der Waals surface area contributed by atoms with E-state index in [2.05, 4.69) is 27.7 Å². The SMILES string of the molecule is CC(C)n1cc(C(=O)NCc2ccccc2)c(=O)c(C(=O)N[C@H]2CCN(Cc3ccccc3)C2)c1. The first kappa shape index (κ1) is 24.4. The van der Waals surface area contributed by atoms with Crippen LogP contribution in [0.15, 0.2) is 77.9 Å². The highest BCUT2D eigenvalue weighted by atomic mass is 16.2. The lowest BCUT2D eigenvalue weighted by molar-refractivity contribution is 0.0935. The Morgan fingerprint density at radius 2 is 1.51 bits per heavy atom. The molecule has 7 nitrogen and oxygen atoms in total. The third-order valence-electron chi connectivity index (χ3n) is 6.28. The summed E-state index contributed by atoms with van der Waals surface area (Å²) in [4.78, 5) is 41.5. The van der Waals surface area contributed by atoms with Crippen LogP contribution >= 0.6 is 0 Å². The van der Waals surface area contributed by atoms with Crippen molar-refractivity contribution in [2.24, 2.45) is 0 Å². The Morgan fingerprint density at radius 1 is 0.914 bits per heavy atom. The molecule has 2 aromatic carbocycles. The predicted molar refractivity (Wildman–Crippen MR) is 136 cm³/mol. The Labute approximate surface area is 205 Å². The number of carbonyl (C=O) groups excluding carboxylic acids is 2. The van der Waals surface area contributed by atoms with Crippen LogP contribution in [0.3, 0.4) is 0 Å². The molecule has 0 radical (unpaired) electrons. The number of hydrogen-bond donors (Lipinski definition) is 2. The number of amides is 2. The Bertz CT molecular complexity index is 1220. The molecule has 1 aliphatic rings. The minimum Gasteiger partial charge on any atom is -0.350 e. The van der Waals surface area contributed by atoms with Gasteiger partial charge in [0, 0.05) is 50.7 Å². The number of likely N-dealkylation sites (tertiary alicyclic amines) is 1. The fourth-order valence-electron chi connectivity index (χ4n) is 4.29. The first-order valence-electron chi connectivity index (χ1n) is 12.1. The number of aromatic nitrogens is 1. The van der Waals surface area contributed by atoms with Crippen molar-refractivity contribution >= 4 is 11.8 Å². The summed E-state index contributed by atoms with van der Waals surface area (Å²) in [6, 6.07) is 19.6. The lowest BCUT2D eigenvalue weighted by Crippen LogP contribution is -2.40. The van der Waals surface area contributed by atoms with Crippen LogP contribution in [-0.2, 0) is 13.1 Å². The second-order valence-corrected chi connectivity index (χ2v) is 9.30. The summed E-state index contributed by atoms with van der Waals surface area (Å²) in [5.41, 5.74) is 1.57. The molecular weight excluding hydrogens is 440 g/mol. The average molecular weight is 473 g/mol. The molecule has 2 amide bonds. The van der Waals surface area contributed by atoms with Crippen molar-refractivity contribution in [1.29, 1.82) is 0 Å². The largest absolute Gasteiger partial charge is 0.350 e. The second-order valence-electron chi connectivity index (χ2n) is 9.30. The maximum absolute atomic E-state index is 13.2. The molecule has 1 saturated heterocycles. The molecular formula is C28H32N4O3. The number of nitrogens with zero attached hydrogens (tertiary/aromatic N) is 2. The first-order chi connectivity index (χ1) is 16.9. The van der Waals surface area contributed by atoms with Gasteiger partial charge in [0.2, 0.25) is 5.43 Å². The smallest absolute Gasteiger partial charge is 0.257 e. The number of pyridine rings is 1. The van der Waals surface area contributed by atoms with Gasteiger partial charge in [-0.2, -0.15) is 0 Å². The number of rotatable bonds is 8. The van der Waals surface area contributed by atoms with Gasteiger partial charge < -0.3 is 15.2 Å². The van der Waals surface area contributed by atoms with Crippen molar-refractivity contribution in [2.75, 3.05) is 13.1 Å². The van der Waals surface area contributed by atoms with Crippen LogP contribution in [0.25, 0.3) is 0 Å². The van der Waals surface area contributed by atoms with E-state index in [1.807, 2.05) is 62.4 Å². The second kappa shape index (κ2) is 11.1. The Morgan fingerprint density at radius 3 is 2.14 bits per heavy atom. The Kier molecular flexibility index (Phi) is 7.77. The zero-order chi connectivity index (χ0) is 24.8. The minimum absolute atomic E-state index is 0.00688. The van der Waals surface area contributed by atoms with Gasteiger partial charge >= 0.3 is 0 Å². The van der Waals surface area contributed by atoms with Crippen LogP contribution in [0.1, 0.15) is 58.2 Å². The summed E-state index contributed by atoms with van der Waals surface area (Å²) in [6.45, 7) is 6.60. The zero-order valence-electron chi connectivity index (χ0n) is 20.2. The monoisotopic (exact) mass is 472 g/mol. The highest BCUT2D eigenvalue weighted by Crippen LogP contribution is 2.14. The number of benzene rings is 2. The fraction of sp³-hybridized carbons (Fsp3) is 0.321. The number of carbonyl (C=O) groups is 2. The summed E-state index contributed by atoms with van der Waals surface area (Å²) < 4.78 is 1.74. The lowest BCUT2D eigenvalue weighted by Gasteiger charge is -2.18. The van der Waals surface area contributed by atoms with Crippen LogP contribution in [0.5, 0.6) is 0 Å². The molecule has 0 aliphatic carbocycles. The molecule has 3 aromatic rings. The molecule has 2 heterocycles. The van der Waals surface area contributed by atoms with Gasteiger partial charge in [0.05, 0.1) is 0 Å². The van der Waals surface area contributed by atoms with E-state index in [1.54, 1.807) is 10.8 Å². The van der Waals surface area contributed by atoms with Crippen LogP contribution in [0.4, 0.5) is 0 Å². The molecule has 1 aliphatic heterocycles. The molecule has 0 spiro atoms. The molecule has 7 heteroatoms.